The summed E-state index contributed by atoms with van der Waals surface area (Å²) in [6.07, 6.45) is -4.53. The first-order valence-corrected chi connectivity index (χ1v) is 5.94. The van der Waals surface area contributed by atoms with Crippen molar-refractivity contribution in [3.63, 3.8) is 0 Å². The van der Waals surface area contributed by atoms with Crippen molar-refractivity contribution in [3.8, 4) is 6.07 Å². The molecule has 0 aliphatic heterocycles. The van der Waals surface area contributed by atoms with Crippen LogP contribution >= 0.6 is 0 Å². The van der Waals surface area contributed by atoms with E-state index in [1.54, 1.807) is 30.3 Å². The number of nitriles is 1. The maximum absolute atomic E-state index is 12.0. The summed E-state index contributed by atoms with van der Waals surface area (Å²) in [5, 5.41) is 9.31. The Kier molecular flexibility index (Phi) is 5.28. The van der Waals surface area contributed by atoms with Gasteiger partial charge in [-0.2, -0.15) is 18.4 Å². The number of benzene rings is 1. The normalized spacial score (nSPS) is 14.3. The van der Waals surface area contributed by atoms with Crippen molar-refractivity contribution < 1.29 is 22.7 Å². The Labute approximate surface area is 115 Å². The minimum absolute atomic E-state index is 0.112. The van der Waals surface area contributed by atoms with Crippen LogP contribution in [-0.2, 0) is 14.9 Å². The molecule has 1 aromatic rings. The van der Waals surface area contributed by atoms with E-state index >= 15 is 0 Å². The van der Waals surface area contributed by atoms with Crippen molar-refractivity contribution in [2.45, 2.75) is 24.9 Å². The van der Waals surface area contributed by atoms with Gasteiger partial charge in [-0.05, 0) is 12.5 Å². The number of carbonyl (C=O) groups is 1. The van der Waals surface area contributed by atoms with E-state index in [4.69, 9.17) is 0 Å². The molecule has 0 saturated carbocycles. The van der Waals surface area contributed by atoms with Crippen LogP contribution in [0.3, 0.4) is 0 Å². The number of hydrogen-bond acceptors (Lipinski definition) is 3. The van der Waals surface area contributed by atoms with E-state index < -0.39 is 24.0 Å². The molecule has 1 atom stereocenters. The molecule has 1 rings (SSSR count). The molecular formula is C14H14F3NO2. The van der Waals surface area contributed by atoms with Crippen LogP contribution in [0.2, 0.25) is 0 Å². The fourth-order valence-electron chi connectivity index (χ4n) is 1.86. The molecule has 0 amide bonds. The zero-order valence-corrected chi connectivity index (χ0v) is 10.9. The van der Waals surface area contributed by atoms with Gasteiger partial charge in [0.2, 0.25) is 0 Å². The number of carbonyl (C=O) groups excluding carboxylic acids is 1. The summed E-state index contributed by atoms with van der Waals surface area (Å²) in [6, 6.07) is 10.2. The number of Topliss-reactive ketones (excluding diaryl/α,β-unsaturated/α-hetero) is 1. The average molecular weight is 285 g/mol. The molecule has 0 N–H and O–H groups in total. The number of nitrogens with zero attached hydrogens (tertiary/aromatic N) is 1. The number of ether oxygens (including phenoxy) is 1. The van der Waals surface area contributed by atoms with Gasteiger partial charge in [0.05, 0.1) is 6.07 Å². The van der Waals surface area contributed by atoms with Crippen LogP contribution < -0.4 is 0 Å². The number of alkyl halides is 3. The average Bonchev–Trinajstić information content (AvgIpc) is 2.39. The van der Waals surface area contributed by atoms with E-state index in [0.29, 0.717) is 5.56 Å². The van der Waals surface area contributed by atoms with Crippen molar-refractivity contribution in [2.24, 2.45) is 0 Å². The second-order valence-electron chi connectivity index (χ2n) is 4.36. The van der Waals surface area contributed by atoms with Crippen molar-refractivity contribution in [3.05, 3.63) is 35.9 Å². The quantitative estimate of drug-likeness (QED) is 0.755. The van der Waals surface area contributed by atoms with Crippen LogP contribution in [0.4, 0.5) is 13.2 Å². The Balaban J connectivity index is 2.82. The molecule has 0 fully saturated rings. The maximum atomic E-state index is 12.0. The lowest BCUT2D eigenvalue weighted by Gasteiger charge is -2.24. The van der Waals surface area contributed by atoms with Gasteiger partial charge in [-0.3, -0.25) is 4.79 Å². The molecule has 0 heterocycles. The molecule has 0 aliphatic carbocycles. The largest absolute Gasteiger partial charge is 0.411 e. The van der Waals surface area contributed by atoms with E-state index in [1.807, 2.05) is 6.07 Å². The van der Waals surface area contributed by atoms with Crippen LogP contribution in [0.25, 0.3) is 0 Å². The molecule has 1 aromatic carbocycles. The molecule has 3 nitrogen and oxygen atoms in total. The first kappa shape index (κ1) is 16.2. The van der Waals surface area contributed by atoms with Gasteiger partial charge in [-0.1, -0.05) is 30.3 Å². The Morgan fingerprint density at radius 1 is 1.30 bits per heavy atom. The minimum Gasteiger partial charge on any atom is -0.372 e. The van der Waals surface area contributed by atoms with E-state index in [2.05, 4.69) is 4.74 Å². The topological polar surface area (TPSA) is 50.1 Å². The highest BCUT2D eigenvalue weighted by Gasteiger charge is 2.37. The van der Waals surface area contributed by atoms with Crippen LogP contribution in [0.5, 0.6) is 0 Å². The lowest BCUT2D eigenvalue weighted by atomic mass is 9.76. The summed E-state index contributed by atoms with van der Waals surface area (Å²) in [5.74, 6) is -0.415. The standard InChI is InChI=1S/C14H14F3NO2/c1-11(19)13(9-18,12-5-3-2-4-6-12)7-8-20-10-14(15,16)17/h2-6H,7-8,10H2,1H3. The number of hydrogen-bond donors (Lipinski definition) is 0. The lowest BCUT2D eigenvalue weighted by molar-refractivity contribution is -0.174. The Hall–Kier alpha value is -1.87. The van der Waals surface area contributed by atoms with Gasteiger partial charge >= 0.3 is 6.18 Å². The summed E-state index contributed by atoms with van der Waals surface area (Å²) in [5.41, 5.74) is -1.00. The highest BCUT2D eigenvalue weighted by atomic mass is 19.4. The maximum Gasteiger partial charge on any atom is 0.411 e. The molecule has 0 saturated heterocycles. The predicted molar refractivity (Wildman–Crippen MR) is 65.9 cm³/mol. The number of ketones is 1. The summed E-state index contributed by atoms with van der Waals surface area (Å²) >= 11 is 0. The third-order valence-corrected chi connectivity index (χ3v) is 2.95. The van der Waals surface area contributed by atoms with Gasteiger partial charge in [0.15, 0.2) is 5.78 Å². The SMILES string of the molecule is CC(=O)C(C#N)(CCOCC(F)(F)F)c1ccccc1. The van der Waals surface area contributed by atoms with Crippen molar-refractivity contribution >= 4 is 5.78 Å². The molecule has 20 heavy (non-hydrogen) atoms. The van der Waals surface area contributed by atoms with Gasteiger partial charge in [0, 0.05) is 13.0 Å². The molecular weight excluding hydrogens is 271 g/mol. The van der Waals surface area contributed by atoms with E-state index in [-0.39, 0.29) is 13.0 Å². The Morgan fingerprint density at radius 2 is 1.90 bits per heavy atom. The Morgan fingerprint density at radius 3 is 2.35 bits per heavy atom. The zero-order chi connectivity index (χ0) is 15.2. The lowest BCUT2D eigenvalue weighted by Crippen LogP contribution is -2.34. The number of rotatable bonds is 6. The van der Waals surface area contributed by atoms with E-state index in [1.165, 1.54) is 6.92 Å². The van der Waals surface area contributed by atoms with E-state index in [0.717, 1.165) is 0 Å². The molecule has 0 spiro atoms. The van der Waals surface area contributed by atoms with Crippen LogP contribution in [0.1, 0.15) is 18.9 Å². The first-order valence-electron chi connectivity index (χ1n) is 5.94. The molecule has 6 heteroatoms. The second kappa shape index (κ2) is 6.53. The van der Waals surface area contributed by atoms with Gasteiger partial charge in [-0.25, -0.2) is 0 Å². The van der Waals surface area contributed by atoms with Gasteiger partial charge in [0.25, 0.3) is 0 Å². The molecule has 1 unspecified atom stereocenters. The molecule has 0 aromatic heterocycles. The second-order valence-corrected chi connectivity index (χ2v) is 4.36. The third-order valence-electron chi connectivity index (χ3n) is 2.95. The first-order chi connectivity index (χ1) is 9.32. The van der Waals surface area contributed by atoms with Crippen LogP contribution in [-0.4, -0.2) is 25.2 Å². The van der Waals surface area contributed by atoms with Crippen molar-refractivity contribution in [1.29, 1.82) is 5.26 Å². The van der Waals surface area contributed by atoms with Crippen LogP contribution in [0.15, 0.2) is 30.3 Å². The van der Waals surface area contributed by atoms with Gasteiger partial charge in [-0.15, -0.1) is 0 Å². The van der Waals surface area contributed by atoms with Gasteiger partial charge in [0.1, 0.15) is 12.0 Å². The molecule has 0 radical (unpaired) electrons. The van der Waals surface area contributed by atoms with Crippen molar-refractivity contribution in [2.75, 3.05) is 13.2 Å². The summed E-state index contributed by atoms with van der Waals surface area (Å²) < 4.78 is 40.4. The third kappa shape index (κ3) is 4.07. The van der Waals surface area contributed by atoms with Gasteiger partial charge < -0.3 is 4.74 Å². The minimum atomic E-state index is -4.42. The van der Waals surface area contributed by atoms with Crippen molar-refractivity contribution in [1.82, 2.24) is 0 Å². The Bertz CT molecular complexity index is 493. The molecule has 0 bridgehead atoms. The molecule has 0 aliphatic rings. The smallest absolute Gasteiger partial charge is 0.372 e. The monoisotopic (exact) mass is 285 g/mol. The fourth-order valence-corrected chi connectivity index (χ4v) is 1.86. The fraction of sp³-hybridized carbons (Fsp3) is 0.429. The number of halogens is 3. The van der Waals surface area contributed by atoms with E-state index in [9.17, 15) is 23.2 Å². The highest BCUT2D eigenvalue weighted by Crippen LogP contribution is 2.29. The predicted octanol–water partition coefficient (Wildman–Crippen LogP) is 3.01. The summed E-state index contributed by atoms with van der Waals surface area (Å²) in [6.45, 7) is -0.456. The highest BCUT2D eigenvalue weighted by molar-refractivity contribution is 5.91. The molecule has 108 valence electrons. The zero-order valence-electron chi connectivity index (χ0n) is 10.9. The summed E-state index contributed by atoms with van der Waals surface area (Å²) in [7, 11) is 0. The summed E-state index contributed by atoms with van der Waals surface area (Å²) in [4.78, 5) is 11.8. The van der Waals surface area contributed by atoms with Crippen LogP contribution in [0, 0.1) is 11.3 Å².